The van der Waals surface area contributed by atoms with Crippen LogP contribution < -0.4 is 0 Å². The lowest BCUT2D eigenvalue weighted by Gasteiger charge is -2.18. The first-order valence-electron chi connectivity index (χ1n) is 36.8. The van der Waals surface area contributed by atoms with Crippen molar-refractivity contribution in [1.29, 1.82) is 0 Å². The second kappa shape index (κ2) is 70.4. The zero-order chi connectivity index (χ0) is 58.5. The molecule has 6 nitrogen and oxygen atoms in total. The Morgan fingerprint density at radius 3 is 0.679 bits per heavy atom. The number of allylic oxidation sites excluding steroid dienone is 4. The highest BCUT2D eigenvalue weighted by Crippen LogP contribution is 2.19. The number of ether oxygens (including phenoxy) is 3. The first kappa shape index (κ1) is 78.9. The molecule has 0 fully saturated rings. The summed E-state index contributed by atoms with van der Waals surface area (Å²) in [6, 6.07) is 0. The van der Waals surface area contributed by atoms with Gasteiger partial charge in [-0.05, 0) is 51.4 Å². The van der Waals surface area contributed by atoms with Crippen molar-refractivity contribution in [2.75, 3.05) is 13.2 Å². The molecule has 0 amide bonds. The highest BCUT2D eigenvalue weighted by molar-refractivity contribution is 5.71. The van der Waals surface area contributed by atoms with Gasteiger partial charge in [0.1, 0.15) is 13.2 Å². The summed E-state index contributed by atoms with van der Waals surface area (Å²) >= 11 is 0. The van der Waals surface area contributed by atoms with Gasteiger partial charge in [0.25, 0.3) is 0 Å². The lowest BCUT2D eigenvalue weighted by Crippen LogP contribution is -2.30. The Morgan fingerprint density at radius 2 is 0.444 bits per heavy atom. The molecule has 0 bridgehead atoms. The van der Waals surface area contributed by atoms with Crippen LogP contribution in [0.1, 0.15) is 419 Å². The van der Waals surface area contributed by atoms with Gasteiger partial charge in [-0.25, -0.2) is 0 Å². The first-order chi connectivity index (χ1) is 40.0. The van der Waals surface area contributed by atoms with Crippen LogP contribution in [0.4, 0.5) is 0 Å². The molecule has 6 heteroatoms. The summed E-state index contributed by atoms with van der Waals surface area (Å²) in [5.41, 5.74) is 0. The van der Waals surface area contributed by atoms with Crippen LogP contribution in [-0.2, 0) is 28.6 Å². The molecule has 0 heterocycles. The second-order valence-corrected chi connectivity index (χ2v) is 25.2. The fraction of sp³-hybridized carbons (Fsp3) is 0.907. The van der Waals surface area contributed by atoms with Gasteiger partial charge < -0.3 is 14.2 Å². The van der Waals surface area contributed by atoms with Crippen molar-refractivity contribution < 1.29 is 28.6 Å². The Morgan fingerprint density at radius 1 is 0.247 bits per heavy atom. The smallest absolute Gasteiger partial charge is 0.306 e. The van der Waals surface area contributed by atoms with Gasteiger partial charge in [0.15, 0.2) is 6.10 Å². The van der Waals surface area contributed by atoms with Crippen LogP contribution in [0, 0.1) is 0 Å². The van der Waals surface area contributed by atoms with Gasteiger partial charge in [-0.1, -0.05) is 373 Å². The number of unbranched alkanes of at least 4 members (excludes halogenated alkanes) is 54. The van der Waals surface area contributed by atoms with Crippen LogP contribution in [0.15, 0.2) is 24.3 Å². The maximum Gasteiger partial charge on any atom is 0.306 e. The van der Waals surface area contributed by atoms with Gasteiger partial charge in [0.2, 0.25) is 0 Å². The highest BCUT2D eigenvalue weighted by Gasteiger charge is 2.20. The number of esters is 3. The van der Waals surface area contributed by atoms with E-state index in [0.717, 1.165) is 64.2 Å². The van der Waals surface area contributed by atoms with Gasteiger partial charge in [0.05, 0.1) is 0 Å². The average molecular weight is 1140 g/mol. The second-order valence-electron chi connectivity index (χ2n) is 25.2. The minimum absolute atomic E-state index is 0.0639. The molecule has 81 heavy (non-hydrogen) atoms. The van der Waals surface area contributed by atoms with Gasteiger partial charge >= 0.3 is 17.9 Å². The van der Waals surface area contributed by atoms with Crippen molar-refractivity contribution >= 4 is 17.9 Å². The zero-order valence-corrected chi connectivity index (χ0v) is 55.1. The Kier molecular flexibility index (Phi) is 68.5. The summed E-state index contributed by atoms with van der Waals surface area (Å²) in [6.45, 7) is 6.72. The summed E-state index contributed by atoms with van der Waals surface area (Å²) in [7, 11) is 0. The number of hydrogen-bond donors (Lipinski definition) is 0. The minimum atomic E-state index is -0.768. The summed E-state index contributed by atoms with van der Waals surface area (Å²) in [4.78, 5) is 38.5. The van der Waals surface area contributed by atoms with Gasteiger partial charge in [-0.3, -0.25) is 14.4 Å². The predicted octanol–water partition coefficient (Wildman–Crippen LogP) is 25.3. The molecule has 0 aromatic carbocycles. The maximum atomic E-state index is 13.0. The van der Waals surface area contributed by atoms with E-state index in [1.54, 1.807) is 0 Å². The summed E-state index contributed by atoms with van der Waals surface area (Å²) < 4.78 is 17.0. The fourth-order valence-corrected chi connectivity index (χ4v) is 11.4. The first-order valence-corrected chi connectivity index (χ1v) is 36.8. The Hall–Kier alpha value is -2.11. The van der Waals surface area contributed by atoms with Crippen LogP contribution in [-0.4, -0.2) is 37.2 Å². The lowest BCUT2D eigenvalue weighted by molar-refractivity contribution is -0.167. The molecule has 1 unspecified atom stereocenters. The molecule has 0 aliphatic carbocycles. The van der Waals surface area contributed by atoms with Crippen molar-refractivity contribution in [2.24, 2.45) is 0 Å². The normalized spacial score (nSPS) is 12.1. The molecule has 0 spiro atoms. The van der Waals surface area contributed by atoms with E-state index in [0.29, 0.717) is 19.3 Å². The van der Waals surface area contributed by atoms with E-state index in [-0.39, 0.29) is 31.1 Å². The molecule has 0 aliphatic rings. The van der Waals surface area contributed by atoms with Crippen molar-refractivity contribution in [3.8, 4) is 0 Å². The summed E-state index contributed by atoms with van der Waals surface area (Å²) in [5.74, 6) is -0.828. The molecule has 0 saturated carbocycles. The van der Waals surface area contributed by atoms with E-state index in [1.807, 2.05) is 0 Å². The van der Waals surface area contributed by atoms with Gasteiger partial charge in [-0.2, -0.15) is 0 Å². The highest BCUT2D eigenvalue weighted by atomic mass is 16.6. The molecular formula is C75H142O6. The molecule has 478 valence electrons. The molecule has 0 aliphatic heterocycles. The Bertz CT molecular complexity index is 1310. The molecular weight excluding hydrogens is 997 g/mol. The van der Waals surface area contributed by atoms with E-state index >= 15 is 0 Å². The molecule has 0 N–H and O–H groups in total. The third kappa shape index (κ3) is 68.6. The van der Waals surface area contributed by atoms with Crippen molar-refractivity contribution in [3.63, 3.8) is 0 Å². The molecule has 0 aromatic heterocycles. The largest absolute Gasteiger partial charge is 0.462 e. The van der Waals surface area contributed by atoms with Crippen LogP contribution in [0.2, 0.25) is 0 Å². The van der Waals surface area contributed by atoms with E-state index < -0.39 is 6.10 Å². The van der Waals surface area contributed by atoms with Gasteiger partial charge in [-0.15, -0.1) is 0 Å². The SMILES string of the molecule is CCCCCCC/C=C\C/C=C\CCCCCCCCCCCCCCCC(=O)OCC(COC(=O)CCCCCCCCCCCCCCCC)OC(=O)CCCCCCCCCCCCCCCCCCCCCCCCCC. The quantitative estimate of drug-likeness (QED) is 0.0261. The topological polar surface area (TPSA) is 78.9 Å². The number of hydrogen-bond acceptors (Lipinski definition) is 6. The average Bonchev–Trinajstić information content (AvgIpc) is 3.47. The molecule has 1 atom stereocenters. The van der Waals surface area contributed by atoms with Crippen molar-refractivity contribution in [1.82, 2.24) is 0 Å². The van der Waals surface area contributed by atoms with E-state index in [9.17, 15) is 14.4 Å². The third-order valence-corrected chi connectivity index (χ3v) is 17.0. The lowest BCUT2D eigenvalue weighted by atomic mass is 10.0. The van der Waals surface area contributed by atoms with Crippen LogP contribution in [0.3, 0.4) is 0 Å². The van der Waals surface area contributed by atoms with E-state index in [4.69, 9.17) is 14.2 Å². The Labute approximate surface area is 506 Å². The van der Waals surface area contributed by atoms with E-state index in [1.165, 1.54) is 315 Å². The molecule has 0 radical (unpaired) electrons. The van der Waals surface area contributed by atoms with Crippen LogP contribution in [0.25, 0.3) is 0 Å². The summed E-state index contributed by atoms with van der Waals surface area (Å²) in [6.07, 6.45) is 86.4. The van der Waals surface area contributed by atoms with Crippen LogP contribution in [0.5, 0.6) is 0 Å². The monoisotopic (exact) mass is 1140 g/mol. The maximum absolute atomic E-state index is 13.0. The third-order valence-electron chi connectivity index (χ3n) is 17.0. The molecule has 0 aromatic rings. The zero-order valence-electron chi connectivity index (χ0n) is 55.1. The van der Waals surface area contributed by atoms with Crippen LogP contribution >= 0.6 is 0 Å². The molecule has 0 saturated heterocycles. The fourth-order valence-electron chi connectivity index (χ4n) is 11.4. The number of carbonyl (C=O) groups is 3. The van der Waals surface area contributed by atoms with Gasteiger partial charge in [0, 0.05) is 19.3 Å². The number of rotatable bonds is 69. The van der Waals surface area contributed by atoms with E-state index in [2.05, 4.69) is 45.1 Å². The predicted molar refractivity (Wildman–Crippen MR) is 353 cm³/mol. The summed E-state index contributed by atoms with van der Waals surface area (Å²) in [5, 5.41) is 0. The standard InChI is InChI=1S/C75H142O6/c1-4-7-10-13-16-19-22-25-28-30-32-34-36-38-40-41-43-45-47-50-53-56-59-62-65-68-74(77)80-71-72(70-79-73(76)67-64-61-58-55-52-49-27-24-21-18-15-12-9-6-3)81-75(78)69-66-63-60-57-54-51-48-46-44-42-39-37-35-33-31-29-26-23-20-17-14-11-8-5-2/h22,25,30,32,72H,4-21,23-24,26-29,31,33-71H2,1-3H3/b25-22-,32-30-. The molecule has 0 rings (SSSR count). The minimum Gasteiger partial charge on any atom is -0.462 e. The van der Waals surface area contributed by atoms with Crippen molar-refractivity contribution in [2.45, 2.75) is 425 Å². The Balaban J connectivity index is 4.22. The van der Waals surface area contributed by atoms with Crippen molar-refractivity contribution in [3.05, 3.63) is 24.3 Å². The number of carbonyl (C=O) groups excluding carboxylic acids is 3.